The number of anilines is 1. The molecule has 1 N–H and O–H groups in total. The zero-order chi connectivity index (χ0) is 20.4. The van der Waals surface area contributed by atoms with Crippen molar-refractivity contribution in [1.82, 2.24) is 20.0 Å². The lowest BCUT2D eigenvalue weighted by Gasteiger charge is -2.36. The Morgan fingerprint density at radius 2 is 1.86 bits per heavy atom. The number of rotatable bonds is 5. The van der Waals surface area contributed by atoms with Crippen molar-refractivity contribution in [2.75, 3.05) is 37.6 Å². The highest BCUT2D eigenvalue weighted by atomic mass is 32.1. The minimum absolute atomic E-state index is 0.0920. The van der Waals surface area contributed by atoms with Crippen LogP contribution in [0.5, 0.6) is 0 Å². The molecule has 0 unspecified atom stereocenters. The van der Waals surface area contributed by atoms with Crippen molar-refractivity contribution in [2.24, 2.45) is 7.05 Å². The van der Waals surface area contributed by atoms with Gasteiger partial charge in [-0.1, -0.05) is 18.2 Å². The largest absolute Gasteiger partial charge is 0.368 e. The molecule has 1 saturated heterocycles. The fraction of sp³-hybridized carbons (Fsp3) is 0.381. The van der Waals surface area contributed by atoms with Crippen LogP contribution in [-0.2, 0) is 11.8 Å². The molecule has 0 spiro atoms. The van der Waals surface area contributed by atoms with Crippen molar-refractivity contribution in [3.05, 3.63) is 47.0 Å². The van der Waals surface area contributed by atoms with Gasteiger partial charge in [-0.2, -0.15) is 5.10 Å². The van der Waals surface area contributed by atoms with E-state index in [2.05, 4.69) is 27.4 Å². The Morgan fingerprint density at radius 1 is 1.14 bits per heavy atom. The molecule has 1 aliphatic rings. The second kappa shape index (κ2) is 8.24. The van der Waals surface area contributed by atoms with Crippen molar-refractivity contribution in [3.8, 4) is 0 Å². The van der Waals surface area contributed by atoms with Crippen molar-refractivity contribution >= 4 is 39.1 Å². The van der Waals surface area contributed by atoms with E-state index in [9.17, 15) is 9.59 Å². The number of benzene rings is 1. The van der Waals surface area contributed by atoms with Gasteiger partial charge in [-0.15, -0.1) is 11.3 Å². The third-order valence-corrected chi connectivity index (χ3v) is 6.50. The number of carbonyl (C=O) groups is 2. The van der Waals surface area contributed by atoms with E-state index in [1.165, 1.54) is 17.0 Å². The molecule has 0 atom stereocenters. The molecule has 0 bridgehead atoms. The van der Waals surface area contributed by atoms with Crippen LogP contribution in [0.3, 0.4) is 0 Å². The Hall–Kier alpha value is -2.87. The number of piperazine rings is 1. The van der Waals surface area contributed by atoms with Crippen molar-refractivity contribution < 1.29 is 9.59 Å². The summed E-state index contributed by atoms with van der Waals surface area (Å²) in [5.74, 6) is -0.0401. The number of fused-ring (bicyclic) bond motifs is 1. The predicted molar refractivity (Wildman–Crippen MR) is 116 cm³/mol. The van der Waals surface area contributed by atoms with Crippen LogP contribution in [0.15, 0.2) is 36.4 Å². The molecule has 8 heteroatoms. The maximum atomic E-state index is 12.5. The van der Waals surface area contributed by atoms with Gasteiger partial charge in [0, 0.05) is 57.3 Å². The number of amides is 2. The molecule has 1 aliphatic heterocycles. The number of hydrogen-bond acceptors (Lipinski definition) is 5. The Labute approximate surface area is 173 Å². The highest BCUT2D eigenvalue weighted by Crippen LogP contribution is 2.27. The molecule has 3 aromatic rings. The maximum absolute atomic E-state index is 12.5. The Bertz CT molecular complexity index is 984. The molecular weight excluding hydrogens is 386 g/mol. The quantitative estimate of drug-likeness (QED) is 0.700. The first-order valence-electron chi connectivity index (χ1n) is 9.82. The van der Waals surface area contributed by atoms with Gasteiger partial charge in [-0.3, -0.25) is 14.3 Å². The smallest absolute Gasteiger partial charge is 0.261 e. The van der Waals surface area contributed by atoms with Gasteiger partial charge >= 0.3 is 0 Å². The standard InChI is InChI=1S/C21H25N5O2S/c1-15-17-14-18(29-21(17)24(2)23-15)20(28)22-9-8-19(27)26-12-10-25(11-13-26)16-6-4-3-5-7-16/h3-7,14H,8-13H2,1-2H3,(H,22,28). The zero-order valence-corrected chi connectivity index (χ0v) is 17.5. The number of para-hydroxylation sites is 1. The Morgan fingerprint density at radius 3 is 2.55 bits per heavy atom. The molecule has 0 radical (unpaired) electrons. The minimum atomic E-state index is -0.132. The Kier molecular flexibility index (Phi) is 5.53. The van der Waals surface area contributed by atoms with Gasteiger partial charge in [0.1, 0.15) is 4.83 Å². The summed E-state index contributed by atoms with van der Waals surface area (Å²) in [5.41, 5.74) is 2.11. The average Bonchev–Trinajstić information content (AvgIpc) is 3.30. The third-order valence-electron chi connectivity index (χ3n) is 5.30. The number of aryl methyl sites for hydroxylation is 2. The van der Waals surface area contributed by atoms with E-state index in [0.717, 1.165) is 29.0 Å². The summed E-state index contributed by atoms with van der Waals surface area (Å²) >= 11 is 1.43. The van der Waals surface area contributed by atoms with Crippen molar-refractivity contribution in [3.63, 3.8) is 0 Å². The summed E-state index contributed by atoms with van der Waals surface area (Å²) in [6, 6.07) is 12.1. The van der Waals surface area contributed by atoms with E-state index < -0.39 is 0 Å². The molecule has 0 saturated carbocycles. The fourth-order valence-electron chi connectivity index (χ4n) is 3.70. The fourth-order valence-corrected chi connectivity index (χ4v) is 4.74. The van der Waals surface area contributed by atoms with Crippen LogP contribution in [0, 0.1) is 6.92 Å². The average molecular weight is 412 g/mol. The first-order chi connectivity index (χ1) is 14.0. The van der Waals surface area contributed by atoms with Crippen molar-refractivity contribution in [1.29, 1.82) is 0 Å². The van der Waals surface area contributed by atoms with Gasteiger partial charge in [0.05, 0.1) is 10.6 Å². The van der Waals surface area contributed by atoms with Crippen LogP contribution in [0.2, 0.25) is 0 Å². The normalized spacial score (nSPS) is 14.4. The summed E-state index contributed by atoms with van der Waals surface area (Å²) in [6.45, 7) is 5.37. The molecule has 3 heterocycles. The molecule has 1 fully saturated rings. The van der Waals surface area contributed by atoms with Crippen molar-refractivity contribution in [2.45, 2.75) is 13.3 Å². The summed E-state index contributed by atoms with van der Waals surface area (Å²) in [4.78, 5) is 30.7. The lowest BCUT2D eigenvalue weighted by molar-refractivity contribution is -0.131. The molecule has 2 amide bonds. The summed E-state index contributed by atoms with van der Waals surface area (Å²) in [7, 11) is 1.88. The van der Waals surface area contributed by atoms with Crippen LogP contribution >= 0.6 is 11.3 Å². The monoisotopic (exact) mass is 411 g/mol. The molecule has 2 aromatic heterocycles. The van der Waals surface area contributed by atoms with Gasteiger partial charge in [0.15, 0.2) is 0 Å². The van der Waals surface area contributed by atoms with E-state index in [0.29, 0.717) is 30.9 Å². The summed E-state index contributed by atoms with van der Waals surface area (Å²) in [5, 5.41) is 8.24. The predicted octanol–water partition coefficient (Wildman–Crippen LogP) is 2.41. The third kappa shape index (κ3) is 4.12. The van der Waals surface area contributed by atoms with E-state index >= 15 is 0 Å². The zero-order valence-electron chi connectivity index (χ0n) is 16.7. The highest BCUT2D eigenvalue weighted by Gasteiger charge is 2.21. The van der Waals surface area contributed by atoms with Gasteiger partial charge in [-0.05, 0) is 25.1 Å². The topological polar surface area (TPSA) is 70.5 Å². The lowest BCUT2D eigenvalue weighted by atomic mass is 10.2. The van der Waals surface area contributed by atoms with Gasteiger partial charge in [0.2, 0.25) is 5.91 Å². The number of nitrogens with one attached hydrogen (secondary N) is 1. The number of aromatic nitrogens is 2. The molecule has 29 heavy (non-hydrogen) atoms. The van der Waals surface area contributed by atoms with E-state index in [1.807, 2.05) is 43.1 Å². The highest BCUT2D eigenvalue weighted by molar-refractivity contribution is 7.20. The first kappa shape index (κ1) is 19.4. The lowest BCUT2D eigenvalue weighted by Crippen LogP contribution is -2.49. The molecular formula is C21H25N5O2S. The second-order valence-electron chi connectivity index (χ2n) is 7.25. The number of hydrogen-bond donors (Lipinski definition) is 1. The molecule has 4 rings (SSSR count). The van der Waals surface area contributed by atoms with Crippen LogP contribution in [0.25, 0.3) is 10.2 Å². The van der Waals surface area contributed by atoms with Gasteiger partial charge in [-0.25, -0.2) is 0 Å². The van der Waals surface area contributed by atoms with Crippen LogP contribution in [-0.4, -0.2) is 59.2 Å². The van der Waals surface area contributed by atoms with E-state index in [4.69, 9.17) is 0 Å². The summed E-state index contributed by atoms with van der Waals surface area (Å²) in [6.07, 6.45) is 0.322. The van der Waals surface area contributed by atoms with Crippen LogP contribution < -0.4 is 10.2 Å². The molecule has 1 aromatic carbocycles. The first-order valence-corrected chi connectivity index (χ1v) is 10.6. The molecule has 152 valence electrons. The Balaban J connectivity index is 1.24. The van der Waals surface area contributed by atoms with Crippen LogP contribution in [0.1, 0.15) is 21.8 Å². The molecule has 7 nitrogen and oxygen atoms in total. The molecule has 0 aliphatic carbocycles. The van der Waals surface area contributed by atoms with Gasteiger partial charge in [0.25, 0.3) is 5.91 Å². The van der Waals surface area contributed by atoms with E-state index in [1.54, 1.807) is 4.68 Å². The summed E-state index contributed by atoms with van der Waals surface area (Å²) < 4.78 is 1.80. The maximum Gasteiger partial charge on any atom is 0.261 e. The second-order valence-corrected chi connectivity index (χ2v) is 8.28. The number of carbonyl (C=O) groups excluding carboxylic acids is 2. The number of nitrogens with zero attached hydrogens (tertiary/aromatic N) is 4. The SMILES string of the molecule is Cc1nn(C)c2sc(C(=O)NCCC(=O)N3CCN(c4ccccc4)CC3)cc12. The number of thiophene rings is 1. The van der Waals surface area contributed by atoms with Gasteiger partial charge < -0.3 is 15.1 Å². The minimum Gasteiger partial charge on any atom is -0.368 e. The van der Waals surface area contributed by atoms with Crippen LogP contribution in [0.4, 0.5) is 5.69 Å². The van der Waals surface area contributed by atoms with E-state index in [-0.39, 0.29) is 11.8 Å².